The predicted octanol–water partition coefficient (Wildman–Crippen LogP) is 1.54. The first-order chi connectivity index (χ1) is 7.58. The molecule has 16 heavy (non-hydrogen) atoms. The van der Waals surface area contributed by atoms with E-state index in [1.807, 2.05) is 0 Å². The fraction of sp³-hybridized carbons (Fsp3) is 1.00. The first-order valence-electron chi connectivity index (χ1n) is 6.58. The molecule has 1 rings (SSSR count). The molecule has 0 bridgehead atoms. The third kappa shape index (κ3) is 4.40. The number of nitrogens with one attached hydrogen (secondary N) is 1. The van der Waals surface area contributed by atoms with Crippen LogP contribution in [-0.4, -0.2) is 36.0 Å². The highest BCUT2D eigenvalue weighted by atomic mass is 16.3. The second kappa shape index (κ2) is 6.58. The molecular formula is C13H27NO2. The van der Waals surface area contributed by atoms with Gasteiger partial charge in [-0.1, -0.05) is 26.7 Å². The van der Waals surface area contributed by atoms with E-state index in [1.54, 1.807) is 0 Å². The molecule has 1 atom stereocenters. The van der Waals surface area contributed by atoms with E-state index < -0.39 is 6.10 Å². The molecule has 0 saturated heterocycles. The van der Waals surface area contributed by atoms with Crippen molar-refractivity contribution in [3.05, 3.63) is 0 Å². The molecule has 0 aromatic heterocycles. The normalized spacial score (nSPS) is 21.6. The second-order valence-corrected chi connectivity index (χ2v) is 5.77. The Morgan fingerprint density at radius 3 is 2.38 bits per heavy atom. The molecule has 1 aliphatic rings. The number of rotatable bonds is 7. The highest BCUT2D eigenvalue weighted by Crippen LogP contribution is 2.42. The fourth-order valence-corrected chi connectivity index (χ4v) is 3.01. The minimum absolute atomic E-state index is 0.149. The van der Waals surface area contributed by atoms with Crippen LogP contribution in [0.5, 0.6) is 0 Å². The molecule has 0 amide bonds. The Bertz CT molecular complexity index is 188. The zero-order chi connectivity index (χ0) is 12.0. The molecule has 1 unspecified atom stereocenters. The molecule has 0 aliphatic heterocycles. The molecule has 0 aromatic carbocycles. The van der Waals surface area contributed by atoms with Gasteiger partial charge in [0.15, 0.2) is 0 Å². The van der Waals surface area contributed by atoms with Crippen molar-refractivity contribution in [2.24, 2.45) is 11.3 Å². The number of aliphatic hydroxyl groups excluding tert-OH is 2. The molecule has 3 N–H and O–H groups in total. The highest BCUT2D eigenvalue weighted by Gasteiger charge is 2.33. The second-order valence-electron chi connectivity index (χ2n) is 5.77. The molecular weight excluding hydrogens is 202 g/mol. The number of hydrogen-bond acceptors (Lipinski definition) is 3. The van der Waals surface area contributed by atoms with Crippen molar-refractivity contribution in [3.8, 4) is 0 Å². The number of aliphatic hydroxyl groups is 2. The summed E-state index contributed by atoms with van der Waals surface area (Å²) >= 11 is 0. The maximum atomic E-state index is 9.29. The Morgan fingerprint density at radius 2 is 1.88 bits per heavy atom. The van der Waals surface area contributed by atoms with Crippen LogP contribution in [0.2, 0.25) is 0 Å². The van der Waals surface area contributed by atoms with Gasteiger partial charge in [-0.2, -0.15) is 0 Å². The maximum Gasteiger partial charge on any atom is 0.0894 e. The number of hydrogen-bond donors (Lipinski definition) is 3. The van der Waals surface area contributed by atoms with Gasteiger partial charge < -0.3 is 15.5 Å². The van der Waals surface area contributed by atoms with Gasteiger partial charge in [0.25, 0.3) is 0 Å². The van der Waals surface area contributed by atoms with Crippen molar-refractivity contribution in [3.63, 3.8) is 0 Å². The fourth-order valence-electron chi connectivity index (χ4n) is 3.01. The SMILES string of the molecule is CC(C)CC1(CNCC(O)CO)CCCC1. The lowest BCUT2D eigenvalue weighted by Gasteiger charge is -2.31. The Morgan fingerprint density at radius 1 is 1.25 bits per heavy atom. The molecule has 1 aliphatic carbocycles. The van der Waals surface area contributed by atoms with Gasteiger partial charge in [-0.25, -0.2) is 0 Å². The van der Waals surface area contributed by atoms with Crippen molar-refractivity contribution in [1.82, 2.24) is 5.32 Å². The van der Waals surface area contributed by atoms with Crippen LogP contribution in [0.15, 0.2) is 0 Å². The summed E-state index contributed by atoms with van der Waals surface area (Å²) in [5.41, 5.74) is 0.448. The van der Waals surface area contributed by atoms with Crippen molar-refractivity contribution in [1.29, 1.82) is 0 Å². The minimum atomic E-state index is -0.613. The van der Waals surface area contributed by atoms with Crippen LogP contribution in [-0.2, 0) is 0 Å². The summed E-state index contributed by atoms with van der Waals surface area (Å²) in [6.45, 7) is 5.91. The van der Waals surface area contributed by atoms with Crippen molar-refractivity contribution in [2.45, 2.75) is 52.1 Å². The van der Waals surface area contributed by atoms with Crippen LogP contribution in [0.25, 0.3) is 0 Å². The quantitative estimate of drug-likeness (QED) is 0.620. The van der Waals surface area contributed by atoms with Gasteiger partial charge >= 0.3 is 0 Å². The molecule has 1 saturated carbocycles. The molecule has 0 radical (unpaired) electrons. The summed E-state index contributed by atoms with van der Waals surface area (Å²) < 4.78 is 0. The Kier molecular flexibility index (Phi) is 5.73. The van der Waals surface area contributed by atoms with Gasteiger partial charge in [0, 0.05) is 13.1 Å². The lowest BCUT2D eigenvalue weighted by Crippen LogP contribution is -2.38. The molecule has 96 valence electrons. The average Bonchev–Trinajstić information content (AvgIpc) is 2.65. The van der Waals surface area contributed by atoms with E-state index in [2.05, 4.69) is 19.2 Å². The standard InChI is InChI=1S/C13H27NO2/c1-11(2)7-13(5-3-4-6-13)10-14-8-12(16)9-15/h11-12,14-16H,3-10H2,1-2H3. The molecule has 3 nitrogen and oxygen atoms in total. The van der Waals surface area contributed by atoms with Gasteiger partial charge in [-0.05, 0) is 30.6 Å². The van der Waals surface area contributed by atoms with E-state index in [-0.39, 0.29) is 6.61 Å². The third-order valence-electron chi connectivity index (χ3n) is 3.60. The third-order valence-corrected chi connectivity index (χ3v) is 3.60. The maximum absolute atomic E-state index is 9.29. The lowest BCUT2D eigenvalue weighted by atomic mass is 9.78. The van der Waals surface area contributed by atoms with Crippen LogP contribution >= 0.6 is 0 Å². The smallest absolute Gasteiger partial charge is 0.0894 e. The van der Waals surface area contributed by atoms with Gasteiger partial charge in [0.1, 0.15) is 0 Å². The largest absolute Gasteiger partial charge is 0.394 e. The van der Waals surface area contributed by atoms with Gasteiger partial charge in [-0.15, -0.1) is 0 Å². The van der Waals surface area contributed by atoms with E-state index in [1.165, 1.54) is 32.1 Å². The predicted molar refractivity (Wildman–Crippen MR) is 66.3 cm³/mol. The molecule has 1 fully saturated rings. The Hall–Kier alpha value is -0.120. The zero-order valence-corrected chi connectivity index (χ0v) is 10.7. The Labute approximate surface area is 99.3 Å². The summed E-state index contributed by atoms with van der Waals surface area (Å²) in [5.74, 6) is 0.739. The topological polar surface area (TPSA) is 52.5 Å². The molecule has 3 heteroatoms. The van der Waals surface area contributed by atoms with Crippen molar-refractivity contribution >= 4 is 0 Å². The van der Waals surface area contributed by atoms with E-state index in [4.69, 9.17) is 5.11 Å². The summed E-state index contributed by atoms with van der Waals surface area (Å²) in [6, 6.07) is 0. The van der Waals surface area contributed by atoms with Crippen LogP contribution in [0.3, 0.4) is 0 Å². The van der Waals surface area contributed by atoms with Crippen LogP contribution < -0.4 is 5.32 Å². The van der Waals surface area contributed by atoms with Gasteiger partial charge in [0.2, 0.25) is 0 Å². The zero-order valence-electron chi connectivity index (χ0n) is 10.7. The summed E-state index contributed by atoms with van der Waals surface area (Å²) in [5, 5.41) is 21.3. The van der Waals surface area contributed by atoms with Gasteiger partial charge in [-0.3, -0.25) is 0 Å². The van der Waals surface area contributed by atoms with E-state index in [0.717, 1.165) is 12.5 Å². The lowest BCUT2D eigenvalue weighted by molar-refractivity contribution is 0.0897. The first kappa shape index (κ1) is 13.9. The molecule has 0 aromatic rings. The van der Waals surface area contributed by atoms with E-state index in [0.29, 0.717) is 12.0 Å². The monoisotopic (exact) mass is 229 g/mol. The van der Waals surface area contributed by atoms with Crippen LogP contribution in [0, 0.1) is 11.3 Å². The summed E-state index contributed by atoms with van der Waals surface area (Å²) in [6.07, 6.45) is 5.97. The summed E-state index contributed by atoms with van der Waals surface area (Å²) in [7, 11) is 0. The van der Waals surface area contributed by atoms with Crippen molar-refractivity contribution < 1.29 is 10.2 Å². The van der Waals surface area contributed by atoms with Crippen molar-refractivity contribution in [2.75, 3.05) is 19.7 Å². The minimum Gasteiger partial charge on any atom is -0.394 e. The molecule has 0 heterocycles. The van der Waals surface area contributed by atoms with Crippen LogP contribution in [0.4, 0.5) is 0 Å². The Balaban J connectivity index is 2.33. The summed E-state index contributed by atoms with van der Waals surface area (Å²) in [4.78, 5) is 0. The van der Waals surface area contributed by atoms with Crippen LogP contribution in [0.1, 0.15) is 46.0 Å². The van der Waals surface area contributed by atoms with E-state index in [9.17, 15) is 5.11 Å². The molecule has 0 spiro atoms. The van der Waals surface area contributed by atoms with E-state index >= 15 is 0 Å². The highest BCUT2D eigenvalue weighted by molar-refractivity contribution is 4.87. The van der Waals surface area contributed by atoms with Gasteiger partial charge in [0.05, 0.1) is 12.7 Å². The first-order valence-corrected chi connectivity index (χ1v) is 6.58. The average molecular weight is 229 g/mol.